The molecule has 7 aliphatic rings. The van der Waals surface area contributed by atoms with E-state index in [0.29, 0.717) is 97.2 Å². The average Bonchev–Trinajstić information content (AvgIpc) is 1.73. The Balaban J connectivity index is 0.000000145. The number of amides is 5. The molecule has 22 nitrogen and oxygen atoms in total. The van der Waals surface area contributed by atoms with E-state index in [-0.39, 0.29) is 96.7 Å². The quantitative estimate of drug-likeness (QED) is 0.0583. The van der Waals surface area contributed by atoms with Crippen molar-refractivity contribution >= 4 is 47.2 Å². The number of carbonyl (C=O) groups excluding carboxylic acids is 5. The molecule has 8 atom stereocenters. The molecule has 2 aromatic heterocycles. The zero-order chi connectivity index (χ0) is 66.5. The third-order valence-electron chi connectivity index (χ3n) is 17.6. The van der Waals surface area contributed by atoms with Gasteiger partial charge in [0.15, 0.2) is 18.6 Å². The van der Waals surface area contributed by atoms with Gasteiger partial charge in [-0.1, -0.05) is 31.2 Å². The number of anilines is 3. The highest BCUT2D eigenvalue weighted by Crippen LogP contribution is 2.45. The van der Waals surface area contributed by atoms with Crippen molar-refractivity contribution in [3.05, 3.63) is 132 Å². The van der Waals surface area contributed by atoms with Crippen LogP contribution in [0.5, 0.6) is 17.2 Å². The Kier molecular flexibility index (Phi) is 21.6. The molecule has 0 unspecified atom stereocenters. The average molecular weight is 1300 g/mol. The fourth-order valence-corrected chi connectivity index (χ4v) is 11.7. The molecule has 4 saturated heterocycles. The van der Waals surface area contributed by atoms with Crippen molar-refractivity contribution in [1.82, 2.24) is 19.8 Å². The topological polar surface area (TPSA) is 301 Å². The van der Waals surface area contributed by atoms with Gasteiger partial charge in [0, 0.05) is 91.8 Å². The molecule has 4 aromatic carbocycles. The van der Waals surface area contributed by atoms with Crippen LogP contribution in [0.25, 0.3) is 33.5 Å². The number of nitriles is 3. The van der Waals surface area contributed by atoms with Crippen LogP contribution in [-0.2, 0) is 38.2 Å². The van der Waals surface area contributed by atoms with E-state index < -0.39 is 37.1 Å². The van der Waals surface area contributed by atoms with E-state index in [1.165, 1.54) is 9.80 Å². The van der Waals surface area contributed by atoms with Crippen LogP contribution in [0.1, 0.15) is 75.0 Å². The number of hydrogen-bond donors (Lipinski definition) is 4. The van der Waals surface area contributed by atoms with Crippen LogP contribution in [0.3, 0.4) is 0 Å². The number of hydrogen-bond acceptors (Lipinski definition) is 17. The van der Waals surface area contributed by atoms with E-state index in [4.69, 9.17) is 33.5 Å². The molecule has 0 radical (unpaired) electrons. The predicted octanol–water partition coefficient (Wildman–Crippen LogP) is 9.17. The Labute approximate surface area is 548 Å². The lowest BCUT2D eigenvalue weighted by Crippen LogP contribution is -2.50. The molecule has 7 fully saturated rings. The summed E-state index contributed by atoms with van der Waals surface area (Å²) in [6.45, 7) is 4.46. The summed E-state index contributed by atoms with van der Waals surface area (Å²) in [5.74, 6) is 1.68. The monoisotopic (exact) mass is 1290 g/mol. The minimum absolute atomic E-state index is 0.00927. The highest BCUT2D eigenvalue weighted by molar-refractivity contribution is 5.96. The molecule has 5 amide bonds. The number of aliphatic hydroxyl groups is 1. The maximum absolute atomic E-state index is 14.6. The minimum Gasteiger partial charge on any atom is -0.489 e. The number of benzene rings is 4. The first-order chi connectivity index (χ1) is 46.2. The van der Waals surface area contributed by atoms with Gasteiger partial charge < -0.3 is 59.3 Å². The first-order valence-corrected chi connectivity index (χ1v) is 31.9. The van der Waals surface area contributed by atoms with Gasteiger partial charge in [-0.25, -0.2) is 13.8 Å². The van der Waals surface area contributed by atoms with Crippen molar-refractivity contribution in [2.75, 3.05) is 75.2 Å². The number of piperidine rings is 2. The summed E-state index contributed by atoms with van der Waals surface area (Å²) in [5, 5.41) is 46.5. The molecular formula is C71H72F2N10O12. The van der Waals surface area contributed by atoms with Crippen LogP contribution in [0.15, 0.2) is 116 Å². The normalized spacial score (nSPS) is 22.8. The number of likely N-dealkylation sites (tertiary alicyclic amines) is 2. The number of ether oxygens (including phenoxy) is 6. The van der Waals surface area contributed by atoms with Crippen molar-refractivity contribution < 1.29 is 66.3 Å². The number of carbonyl (C=O) groups is 5. The largest absolute Gasteiger partial charge is 0.489 e. The molecular weight excluding hydrogens is 1220 g/mol. The van der Waals surface area contributed by atoms with E-state index in [9.17, 15) is 48.5 Å². The van der Waals surface area contributed by atoms with Gasteiger partial charge in [0.25, 0.3) is 0 Å². The highest BCUT2D eigenvalue weighted by atomic mass is 19.1. The Morgan fingerprint density at radius 3 is 1.80 bits per heavy atom. The molecule has 6 heterocycles. The summed E-state index contributed by atoms with van der Waals surface area (Å²) in [5.41, 5.74) is 6.99. The highest BCUT2D eigenvalue weighted by Gasteiger charge is 2.50. The number of nitrogens with one attached hydrogen (secondary N) is 3. The number of alkyl halides is 2. The van der Waals surface area contributed by atoms with Crippen molar-refractivity contribution in [2.45, 2.75) is 95.2 Å². The first kappa shape index (κ1) is 66.6. The molecule has 4 N–H and O–H groups in total. The summed E-state index contributed by atoms with van der Waals surface area (Å²) in [6.07, 6.45) is 5.23. The van der Waals surface area contributed by atoms with Gasteiger partial charge in [0.05, 0.1) is 61.9 Å². The lowest BCUT2D eigenvalue weighted by molar-refractivity contribution is -0.138. The number of aliphatic hydroxyl groups excluding tert-OH is 1. The lowest BCUT2D eigenvalue weighted by Gasteiger charge is -2.34. The molecule has 0 spiro atoms. The third-order valence-corrected chi connectivity index (χ3v) is 17.6. The Hall–Kier alpha value is -9.90. The maximum atomic E-state index is 14.6. The molecule has 13 rings (SSSR count). The fourth-order valence-electron chi connectivity index (χ4n) is 11.7. The van der Waals surface area contributed by atoms with Gasteiger partial charge in [-0.3, -0.25) is 29.0 Å². The van der Waals surface area contributed by atoms with Gasteiger partial charge in [0.2, 0.25) is 30.0 Å². The number of nitrogens with zero attached hydrogens (tertiary/aromatic N) is 7. The van der Waals surface area contributed by atoms with Crippen molar-refractivity contribution in [3.63, 3.8) is 0 Å². The SMILES string of the molecule is C[C@@H]1C[C@H]1C(=O)Nc1cccc(-c2ccc(O[C@H]3CCN(C(=O)CO)C[C@H]3F)c(C#N)c2)c1.N#Cc1cc(-c2cc(NC(=O)C3CC3)ccn2)ccc1O[C@H]1CCN(C=O)C[C@H]1F.N#Cc1cc(-c2ccnc(NC(=O)[C@@H]3C[C@H]3C3OCCO3)c2)ccc1OC1CCOCC1. The third kappa shape index (κ3) is 17.3. The molecule has 4 aliphatic heterocycles. The van der Waals surface area contributed by atoms with E-state index >= 15 is 0 Å². The molecule has 6 aromatic rings. The van der Waals surface area contributed by atoms with Crippen molar-refractivity contribution in [3.8, 4) is 69.0 Å². The molecule has 492 valence electrons. The number of rotatable bonds is 18. The molecule has 95 heavy (non-hydrogen) atoms. The lowest BCUT2D eigenvalue weighted by atomic mass is 10.0. The zero-order valence-electron chi connectivity index (χ0n) is 52.2. The van der Waals surface area contributed by atoms with Crippen LogP contribution < -0.4 is 30.2 Å². The van der Waals surface area contributed by atoms with Gasteiger partial charge in [-0.2, -0.15) is 15.8 Å². The summed E-state index contributed by atoms with van der Waals surface area (Å²) in [7, 11) is 0. The van der Waals surface area contributed by atoms with Gasteiger partial charge in [-0.15, -0.1) is 0 Å². The number of halogens is 2. The smallest absolute Gasteiger partial charge is 0.248 e. The van der Waals surface area contributed by atoms with Gasteiger partial charge >= 0.3 is 0 Å². The van der Waals surface area contributed by atoms with E-state index in [2.05, 4.69) is 51.0 Å². The first-order valence-electron chi connectivity index (χ1n) is 31.9. The number of pyridine rings is 2. The summed E-state index contributed by atoms with van der Waals surface area (Å²) in [6, 6.07) is 36.7. The molecule has 3 saturated carbocycles. The summed E-state index contributed by atoms with van der Waals surface area (Å²) < 4.78 is 62.9. The summed E-state index contributed by atoms with van der Waals surface area (Å²) >= 11 is 0. The van der Waals surface area contributed by atoms with Crippen LogP contribution in [0.4, 0.5) is 26.0 Å². The van der Waals surface area contributed by atoms with Crippen LogP contribution in [-0.4, -0.2) is 151 Å². The predicted molar refractivity (Wildman–Crippen MR) is 342 cm³/mol. The zero-order valence-corrected chi connectivity index (χ0v) is 52.2. The van der Waals surface area contributed by atoms with Gasteiger partial charge in [-0.05, 0) is 133 Å². The molecule has 0 bridgehead atoms. The Morgan fingerprint density at radius 2 is 1.19 bits per heavy atom. The van der Waals surface area contributed by atoms with Gasteiger partial charge in [0.1, 0.15) is 66.2 Å². The van der Waals surface area contributed by atoms with Crippen molar-refractivity contribution in [1.29, 1.82) is 15.8 Å². The fraction of sp³-hybridized carbons (Fsp3) is 0.408. The Morgan fingerprint density at radius 1 is 0.621 bits per heavy atom. The van der Waals surface area contributed by atoms with Crippen LogP contribution in [0, 0.1) is 63.6 Å². The second-order valence-electron chi connectivity index (χ2n) is 24.5. The molecule has 3 aliphatic carbocycles. The second kappa shape index (κ2) is 30.9. The van der Waals surface area contributed by atoms with Crippen LogP contribution in [0.2, 0.25) is 0 Å². The van der Waals surface area contributed by atoms with E-state index in [1.54, 1.807) is 67.0 Å². The van der Waals surface area contributed by atoms with E-state index in [1.807, 2.05) is 48.5 Å². The van der Waals surface area contributed by atoms with Crippen molar-refractivity contribution in [2.24, 2.45) is 29.6 Å². The summed E-state index contributed by atoms with van der Waals surface area (Å²) in [4.78, 5) is 70.5. The second-order valence-corrected chi connectivity index (χ2v) is 24.5. The van der Waals surface area contributed by atoms with E-state index in [0.717, 1.165) is 60.8 Å². The standard InChI is InChI=1S/C25H26FN3O4.C24H25N3O5.C22H21FN4O3/c1-15-9-20(15)25(32)28-19-4-2-3-16(11-19)17-5-6-22(18(10-17)12-27)33-23-7-8-29(13-21(23)26)24(31)14-30;25-14-17-11-15(1-2-21(17)32-18-4-7-29-8-5-18)16-3-6-26-22(12-16)27-23(28)19-13-20(19)24-30-9-10-31-24;23-18-12-27(13-28)8-6-21(18)30-20-4-3-15(9-16(20)11-24)19-10-17(5-7-25-19)26-22(29)14-1-2-14/h2-6,10-11,15,20-21,23,30H,7-9,13-14H2,1H3,(H,28,32);1-3,6,11-12,18-20,24H,4-5,7-10,13H2,(H,26,27,28);3-5,7,9-10,13-14,18,21H,1-2,6,8,12H2,(H,25,26,29)/t15-,20-,21-,23+;19-,20-;18-,21+/m111/s1. The maximum Gasteiger partial charge on any atom is 0.248 e. The Bertz CT molecular complexity index is 3920. The van der Waals surface area contributed by atoms with Crippen LogP contribution >= 0.6 is 0 Å². The minimum atomic E-state index is -1.42. The number of aromatic nitrogens is 2. The molecule has 24 heteroatoms.